The summed E-state index contributed by atoms with van der Waals surface area (Å²) < 4.78 is 13.3. The van der Waals surface area contributed by atoms with E-state index in [0.717, 1.165) is 16.3 Å². The van der Waals surface area contributed by atoms with Gasteiger partial charge in [0, 0.05) is 32.1 Å². The molecule has 0 saturated heterocycles. The SMILES string of the molecule is CCOC(=O)C1=C(C)N=c2s/c(=C\c3ccc(Sc4ccccn4)o3)c(=O)n2[C@@H]1c1ccc(N(C)C)cc1. The first-order valence-corrected chi connectivity index (χ1v) is 13.6. The highest BCUT2D eigenvalue weighted by molar-refractivity contribution is 7.99. The van der Waals surface area contributed by atoms with Gasteiger partial charge in [0.2, 0.25) is 0 Å². The van der Waals surface area contributed by atoms with Crippen molar-refractivity contribution in [3.63, 3.8) is 0 Å². The number of ether oxygens (including phenoxy) is 1. The normalized spacial score (nSPS) is 15.3. The molecule has 0 N–H and O–H groups in total. The number of aromatic nitrogens is 2. The van der Waals surface area contributed by atoms with Crippen molar-refractivity contribution in [1.82, 2.24) is 9.55 Å². The summed E-state index contributed by atoms with van der Waals surface area (Å²) >= 11 is 2.66. The molecule has 0 aliphatic carbocycles. The lowest BCUT2D eigenvalue weighted by atomic mass is 9.95. The van der Waals surface area contributed by atoms with Gasteiger partial charge in [-0.3, -0.25) is 9.36 Å². The largest absolute Gasteiger partial charge is 0.463 e. The highest BCUT2D eigenvalue weighted by atomic mass is 32.2. The van der Waals surface area contributed by atoms with Crippen molar-refractivity contribution >= 4 is 40.8 Å². The van der Waals surface area contributed by atoms with E-state index in [2.05, 4.69) is 9.98 Å². The van der Waals surface area contributed by atoms with Gasteiger partial charge in [0.05, 0.1) is 28.5 Å². The third kappa shape index (κ3) is 5.09. The maximum absolute atomic E-state index is 13.7. The summed E-state index contributed by atoms with van der Waals surface area (Å²) in [4.78, 5) is 38.2. The summed E-state index contributed by atoms with van der Waals surface area (Å²) in [5, 5.41) is 1.48. The summed E-state index contributed by atoms with van der Waals surface area (Å²) in [6, 6.07) is 16.5. The molecule has 194 valence electrons. The number of hydrogen-bond donors (Lipinski definition) is 0. The highest BCUT2D eigenvalue weighted by Gasteiger charge is 2.33. The summed E-state index contributed by atoms with van der Waals surface area (Å²) in [6.07, 6.45) is 3.44. The smallest absolute Gasteiger partial charge is 0.338 e. The Balaban J connectivity index is 1.58. The maximum Gasteiger partial charge on any atom is 0.338 e. The van der Waals surface area contributed by atoms with Crippen LogP contribution in [0.3, 0.4) is 0 Å². The fourth-order valence-electron chi connectivity index (χ4n) is 4.17. The minimum absolute atomic E-state index is 0.226. The summed E-state index contributed by atoms with van der Waals surface area (Å²) in [6.45, 7) is 3.76. The maximum atomic E-state index is 13.7. The molecule has 0 fully saturated rings. The van der Waals surface area contributed by atoms with Crippen LogP contribution >= 0.6 is 23.1 Å². The van der Waals surface area contributed by atoms with Gasteiger partial charge in [-0.1, -0.05) is 29.5 Å². The number of esters is 1. The van der Waals surface area contributed by atoms with Gasteiger partial charge in [0.1, 0.15) is 10.8 Å². The van der Waals surface area contributed by atoms with E-state index < -0.39 is 12.0 Å². The van der Waals surface area contributed by atoms with Crippen LogP contribution in [0.1, 0.15) is 31.2 Å². The highest BCUT2D eigenvalue weighted by Crippen LogP contribution is 2.32. The zero-order valence-corrected chi connectivity index (χ0v) is 23.0. The van der Waals surface area contributed by atoms with Crippen molar-refractivity contribution < 1.29 is 13.9 Å². The molecule has 4 heterocycles. The number of fused-ring (bicyclic) bond motifs is 1. The predicted octanol–water partition coefficient (Wildman–Crippen LogP) is 4.00. The van der Waals surface area contributed by atoms with Gasteiger partial charge in [-0.25, -0.2) is 14.8 Å². The first-order chi connectivity index (χ1) is 18.4. The quantitative estimate of drug-likeness (QED) is 0.324. The molecule has 10 heteroatoms. The number of nitrogens with zero attached hydrogens (tertiary/aromatic N) is 4. The van der Waals surface area contributed by atoms with Crippen LogP contribution < -0.4 is 19.8 Å². The Hall–Kier alpha value is -3.89. The van der Waals surface area contributed by atoms with Gasteiger partial charge in [-0.05, 0) is 67.6 Å². The lowest BCUT2D eigenvalue weighted by molar-refractivity contribution is -0.139. The second kappa shape index (κ2) is 10.8. The van der Waals surface area contributed by atoms with Crippen LogP contribution in [0, 0.1) is 0 Å². The van der Waals surface area contributed by atoms with Crippen molar-refractivity contribution in [1.29, 1.82) is 0 Å². The van der Waals surface area contributed by atoms with Crippen LogP contribution in [0.25, 0.3) is 6.08 Å². The van der Waals surface area contributed by atoms with Crippen LogP contribution in [0.15, 0.2) is 96.4 Å². The molecule has 0 amide bonds. The lowest BCUT2D eigenvalue weighted by Gasteiger charge is -2.25. The number of thiazole rings is 1. The van der Waals surface area contributed by atoms with E-state index in [1.165, 1.54) is 23.1 Å². The van der Waals surface area contributed by atoms with Crippen LogP contribution in [-0.2, 0) is 9.53 Å². The Morgan fingerprint density at radius 1 is 1.18 bits per heavy atom. The van der Waals surface area contributed by atoms with Crippen molar-refractivity contribution in [3.05, 3.63) is 103 Å². The Morgan fingerprint density at radius 3 is 2.66 bits per heavy atom. The Kier molecular flexibility index (Phi) is 7.35. The molecule has 8 nitrogen and oxygen atoms in total. The average molecular weight is 547 g/mol. The molecule has 3 aromatic heterocycles. The monoisotopic (exact) mass is 546 g/mol. The van der Waals surface area contributed by atoms with Gasteiger partial charge < -0.3 is 14.1 Å². The molecule has 1 aliphatic rings. The number of hydrogen-bond acceptors (Lipinski definition) is 9. The van der Waals surface area contributed by atoms with Crippen LogP contribution in [0.2, 0.25) is 0 Å². The van der Waals surface area contributed by atoms with E-state index >= 15 is 0 Å². The molecule has 0 radical (unpaired) electrons. The molecule has 0 saturated carbocycles. The number of benzene rings is 1. The van der Waals surface area contributed by atoms with Gasteiger partial charge in [-0.2, -0.15) is 0 Å². The molecule has 5 rings (SSSR count). The van der Waals surface area contributed by atoms with Crippen molar-refractivity contribution in [2.45, 2.75) is 30.0 Å². The number of carbonyl (C=O) groups is 1. The minimum atomic E-state index is -0.657. The third-order valence-electron chi connectivity index (χ3n) is 5.96. The van der Waals surface area contributed by atoms with Gasteiger partial charge in [-0.15, -0.1) is 0 Å². The molecule has 1 aliphatic heterocycles. The number of carbonyl (C=O) groups excluding carboxylic acids is 1. The first-order valence-electron chi connectivity index (χ1n) is 12.0. The Bertz CT molecular complexity index is 1680. The molecular formula is C28H26N4O4S2. The fourth-order valence-corrected chi connectivity index (χ4v) is 5.94. The van der Waals surface area contributed by atoms with E-state index in [-0.39, 0.29) is 12.2 Å². The van der Waals surface area contributed by atoms with Crippen LogP contribution in [0.5, 0.6) is 0 Å². The molecule has 1 atom stereocenters. The second-order valence-electron chi connectivity index (χ2n) is 8.72. The summed E-state index contributed by atoms with van der Waals surface area (Å²) in [5.74, 6) is 0.0637. The van der Waals surface area contributed by atoms with E-state index in [9.17, 15) is 9.59 Å². The van der Waals surface area contributed by atoms with Gasteiger partial charge in [0.15, 0.2) is 9.89 Å². The molecule has 0 spiro atoms. The topological polar surface area (TPSA) is 89.9 Å². The number of anilines is 1. The minimum Gasteiger partial charge on any atom is -0.463 e. The van der Waals surface area contributed by atoms with Crippen LogP contribution in [0.4, 0.5) is 5.69 Å². The summed E-state index contributed by atoms with van der Waals surface area (Å²) in [7, 11) is 3.92. The third-order valence-corrected chi connectivity index (χ3v) is 7.81. The lowest BCUT2D eigenvalue weighted by Crippen LogP contribution is -2.39. The van der Waals surface area contributed by atoms with Gasteiger partial charge >= 0.3 is 5.97 Å². The average Bonchev–Trinajstić information content (AvgIpc) is 3.47. The predicted molar refractivity (Wildman–Crippen MR) is 148 cm³/mol. The summed E-state index contributed by atoms with van der Waals surface area (Å²) in [5.41, 5.74) is 2.45. The zero-order valence-electron chi connectivity index (χ0n) is 21.4. The molecule has 4 aromatic rings. The number of rotatable bonds is 7. The molecule has 38 heavy (non-hydrogen) atoms. The molecular weight excluding hydrogens is 520 g/mol. The van der Waals surface area contributed by atoms with E-state index in [1.807, 2.05) is 73.6 Å². The van der Waals surface area contributed by atoms with E-state index in [4.69, 9.17) is 9.15 Å². The number of furan rings is 1. The van der Waals surface area contributed by atoms with E-state index in [0.29, 0.717) is 31.5 Å². The first kappa shape index (κ1) is 25.7. The Morgan fingerprint density at radius 2 is 1.97 bits per heavy atom. The van der Waals surface area contributed by atoms with Crippen molar-refractivity contribution in [3.8, 4) is 0 Å². The molecule has 0 unspecified atom stereocenters. The van der Waals surface area contributed by atoms with Crippen molar-refractivity contribution in [2.75, 3.05) is 25.6 Å². The Labute approximate surface area is 227 Å². The fraction of sp³-hybridized carbons (Fsp3) is 0.214. The number of allylic oxidation sites excluding steroid dienone is 1. The van der Waals surface area contributed by atoms with Gasteiger partial charge in [0.25, 0.3) is 5.56 Å². The zero-order chi connectivity index (χ0) is 26.8. The molecule has 1 aromatic carbocycles. The molecule has 0 bridgehead atoms. The van der Waals surface area contributed by atoms with E-state index in [1.54, 1.807) is 30.7 Å². The van der Waals surface area contributed by atoms with Crippen LogP contribution in [-0.4, -0.2) is 36.2 Å². The standard InChI is InChI=1S/C28H26N4O4S2/c1-5-35-27(34)24-17(2)30-28-32(25(24)18-9-11-19(12-10-18)31(3)4)26(33)21(37-28)16-20-13-14-23(36-20)38-22-8-6-7-15-29-22/h6-16,25H,5H2,1-4H3/b21-16-/t25-/m1/s1. The number of pyridine rings is 1. The van der Waals surface area contributed by atoms with Crippen molar-refractivity contribution in [2.24, 2.45) is 4.99 Å². The second-order valence-corrected chi connectivity index (χ2v) is 10.7.